The lowest BCUT2D eigenvalue weighted by Crippen LogP contribution is -2.43. The van der Waals surface area contributed by atoms with Gasteiger partial charge in [0.25, 0.3) is 0 Å². The molecule has 0 aromatic rings. The molecule has 1 heterocycles. The maximum Gasteiger partial charge on any atom is 0.190 e. The molecular weight excluding hydrogens is 363 g/mol. The Balaban J connectivity index is 0.00000361. The average molecular weight is 396 g/mol. The Morgan fingerprint density at radius 3 is 2.40 bits per heavy atom. The number of guanidine groups is 1. The Morgan fingerprint density at radius 2 is 1.85 bits per heavy atom. The fourth-order valence-corrected chi connectivity index (χ4v) is 2.58. The van der Waals surface area contributed by atoms with Crippen molar-refractivity contribution < 1.29 is 0 Å². The maximum absolute atomic E-state index is 4.27. The Hall–Kier alpha value is -0.0400. The molecule has 0 atom stereocenters. The highest BCUT2D eigenvalue weighted by atomic mass is 127. The van der Waals surface area contributed by atoms with Crippen LogP contribution in [-0.2, 0) is 0 Å². The standard InChI is InChI=1S/C15H32N4.HI/c1-4-6-9-17-15(16-3)18-13-14-7-11-19(10-5-2)12-8-14;/h14H,4-13H2,1-3H3,(H2,16,17,18);1H. The van der Waals surface area contributed by atoms with Gasteiger partial charge in [-0.05, 0) is 51.2 Å². The van der Waals surface area contributed by atoms with Gasteiger partial charge in [0.1, 0.15) is 0 Å². The molecule has 0 amide bonds. The Morgan fingerprint density at radius 1 is 1.15 bits per heavy atom. The topological polar surface area (TPSA) is 39.7 Å². The van der Waals surface area contributed by atoms with Crippen LogP contribution in [0.3, 0.4) is 0 Å². The Labute approximate surface area is 142 Å². The van der Waals surface area contributed by atoms with Crippen molar-refractivity contribution >= 4 is 29.9 Å². The summed E-state index contributed by atoms with van der Waals surface area (Å²) >= 11 is 0. The molecular formula is C15H33IN4. The van der Waals surface area contributed by atoms with Crippen LogP contribution in [0.25, 0.3) is 0 Å². The number of nitrogens with zero attached hydrogens (tertiary/aromatic N) is 2. The molecule has 0 aromatic carbocycles. The van der Waals surface area contributed by atoms with E-state index in [9.17, 15) is 0 Å². The number of unbranched alkanes of at least 4 members (excludes halogenated alkanes) is 1. The van der Waals surface area contributed by atoms with Crippen LogP contribution in [0.5, 0.6) is 0 Å². The number of halogens is 1. The summed E-state index contributed by atoms with van der Waals surface area (Å²) in [5.41, 5.74) is 0. The second-order valence-electron chi connectivity index (χ2n) is 5.52. The van der Waals surface area contributed by atoms with Crippen molar-refractivity contribution in [2.24, 2.45) is 10.9 Å². The van der Waals surface area contributed by atoms with E-state index in [1.165, 1.54) is 51.7 Å². The van der Waals surface area contributed by atoms with Crippen LogP contribution in [0.2, 0.25) is 0 Å². The summed E-state index contributed by atoms with van der Waals surface area (Å²) in [5, 5.41) is 6.83. The predicted molar refractivity (Wildman–Crippen MR) is 99.1 cm³/mol. The molecule has 1 saturated heterocycles. The van der Waals surface area contributed by atoms with Gasteiger partial charge in [0, 0.05) is 20.1 Å². The smallest absolute Gasteiger partial charge is 0.190 e. The van der Waals surface area contributed by atoms with E-state index >= 15 is 0 Å². The summed E-state index contributed by atoms with van der Waals surface area (Å²) in [7, 11) is 1.85. The van der Waals surface area contributed by atoms with Crippen molar-refractivity contribution in [2.75, 3.05) is 39.8 Å². The van der Waals surface area contributed by atoms with E-state index in [1.807, 2.05) is 7.05 Å². The summed E-state index contributed by atoms with van der Waals surface area (Å²) in [6.07, 6.45) is 6.34. The molecule has 1 rings (SSSR count). The second kappa shape index (κ2) is 12.7. The molecule has 1 aliphatic rings. The molecule has 2 N–H and O–H groups in total. The number of hydrogen-bond donors (Lipinski definition) is 2. The van der Waals surface area contributed by atoms with E-state index in [4.69, 9.17) is 0 Å². The van der Waals surface area contributed by atoms with E-state index in [2.05, 4.69) is 34.4 Å². The average Bonchev–Trinajstić information content (AvgIpc) is 2.44. The molecule has 4 nitrogen and oxygen atoms in total. The van der Waals surface area contributed by atoms with Crippen molar-refractivity contribution in [3.8, 4) is 0 Å². The first kappa shape index (κ1) is 20.0. The summed E-state index contributed by atoms with van der Waals surface area (Å²) < 4.78 is 0. The highest BCUT2D eigenvalue weighted by Crippen LogP contribution is 2.16. The minimum absolute atomic E-state index is 0. The third-order valence-electron chi connectivity index (χ3n) is 3.85. The maximum atomic E-state index is 4.27. The van der Waals surface area contributed by atoms with Crippen molar-refractivity contribution in [1.82, 2.24) is 15.5 Å². The number of rotatable bonds is 7. The number of hydrogen-bond acceptors (Lipinski definition) is 2. The zero-order valence-electron chi connectivity index (χ0n) is 13.5. The summed E-state index contributed by atoms with van der Waals surface area (Å²) in [6, 6.07) is 0. The van der Waals surface area contributed by atoms with Crippen LogP contribution in [0.1, 0.15) is 46.0 Å². The molecule has 20 heavy (non-hydrogen) atoms. The lowest BCUT2D eigenvalue weighted by atomic mass is 9.97. The van der Waals surface area contributed by atoms with Crippen LogP contribution in [0, 0.1) is 5.92 Å². The number of piperidine rings is 1. The van der Waals surface area contributed by atoms with E-state index < -0.39 is 0 Å². The predicted octanol–water partition coefficient (Wildman–Crippen LogP) is 2.69. The number of nitrogens with one attached hydrogen (secondary N) is 2. The van der Waals surface area contributed by atoms with Crippen molar-refractivity contribution in [2.45, 2.75) is 46.0 Å². The van der Waals surface area contributed by atoms with Crippen molar-refractivity contribution in [3.05, 3.63) is 0 Å². The zero-order valence-corrected chi connectivity index (χ0v) is 15.8. The van der Waals surface area contributed by atoms with Crippen LogP contribution >= 0.6 is 24.0 Å². The van der Waals surface area contributed by atoms with Crippen LogP contribution in [-0.4, -0.2) is 50.6 Å². The van der Waals surface area contributed by atoms with Crippen molar-refractivity contribution in [1.29, 1.82) is 0 Å². The fourth-order valence-electron chi connectivity index (χ4n) is 2.58. The molecule has 0 radical (unpaired) electrons. The normalized spacial score (nSPS) is 17.6. The lowest BCUT2D eigenvalue weighted by molar-refractivity contribution is 0.185. The number of likely N-dealkylation sites (tertiary alicyclic amines) is 1. The SMILES string of the molecule is CCCCNC(=NC)NCC1CCN(CCC)CC1.I. The van der Waals surface area contributed by atoms with E-state index in [0.717, 1.165) is 25.0 Å². The highest BCUT2D eigenvalue weighted by Gasteiger charge is 2.18. The van der Waals surface area contributed by atoms with E-state index in [1.54, 1.807) is 0 Å². The first-order valence-corrected chi connectivity index (χ1v) is 7.97. The van der Waals surface area contributed by atoms with Gasteiger partial charge in [-0.15, -0.1) is 24.0 Å². The first-order chi connectivity index (χ1) is 9.30. The molecule has 0 aliphatic carbocycles. The van der Waals surface area contributed by atoms with Gasteiger partial charge >= 0.3 is 0 Å². The van der Waals surface area contributed by atoms with Crippen molar-refractivity contribution in [3.63, 3.8) is 0 Å². The van der Waals surface area contributed by atoms with Gasteiger partial charge in [-0.1, -0.05) is 20.3 Å². The largest absolute Gasteiger partial charge is 0.356 e. The van der Waals surface area contributed by atoms with Gasteiger partial charge in [0.05, 0.1) is 0 Å². The molecule has 0 unspecified atom stereocenters. The molecule has 1 aliphatic heterocycles. The monoisotopic (exact) mass is 396 g/mol. The zero-order chi connectivity index (χ0) is 13.9. The fraction of sp³-hybridized carbons (Fsp3) is 0.933. The highest BCUT2D eigenvalue weighted by molar-refractivity contribution is 14.0. The second-order valence-corrected chi connectivity index (χ2v) is 5.52. The molecule has 120 valence electrons. The van der Waals surface area contributed by atoms with Gasteiger partial charge in [-0.3, -0.25) is 4.99 Å². The van der Waals surface area contributed by atoms with Crippen LogP contribution in [0.15, 0.2) is 4.99 Å². The summed E-state index contributed by atoms with van der Waals surface area (Å²) in [4.78, 5) is 6.86. The van der Waals surface area contributed by atoms with Gasteiger partial charge in [0.2, 0.25) is 0 Å². The first-order valence-electron chi connectivity index (χ1n) is 7.97. The minimum atomic E-state index is 0. The minimum Gasteiger partial charge on any atom is -0.356 e. The molecule has 5 heteroatoms. The third kappa shape index (κ3) is 8.29. The lowest BCUT2D eigenvalue weighted by Gasteiger charge is -2.32. The van der Waals surface area contributed by atoms with Crippen LogP contribution in [0.4, 0.5) is 0 Å². The Kier molecular flexibility index (Phi) is 12.7. The molecule has 0 spiro atoms. The third-order valence-corrected chi connectivity index (χ3v) is 3.85. The quantitative estimate of drug-likeness (QED) is 0.301. The van der Waals surface area contributed by atoms with Gasteiger partial charge in [-0.2, -0.15) is 0 Å². The summed E-state index contributed by atoms with van der Waals surface area (Å²) in [6.45, 7) is 10.4. The van der Waals surface area contributed by atoms with E-state index in [0.29, 0.717) is 0 Å². The van der Waals surface area contributed by atoms with Gasteiger partial charge < -0.3 is 15.5 Å². The molecule has 0 aromatic heterocycles. The Bertz CT molecular complexity index is 250. The van der Waals surface area contributed by atoms with E-state index in [-0.39, 0.29) is 24.0 Å². The molecule has 0 bridgehead atoms. The van der Waals surface area contributed by atoms with Gasteiger partial charge in [-0.25, -0.2) is 0 Å². The summed E-state index contributed by atoms with van der Waals surface area (Å²) in [5.74, 6) is 1.77. The number of aliphatic imine (C=N–C) groups is 1. The molecule has 1 fully saturated rings. The van der Waals surface area contributed by atoms with Crippen LogP contribution < -0.4 is 10.6 Å². The molecule has 0 saturated carbocycles. The van der Waals surface area contributed by atoms with Gasteiger partial charge in [0.15, 0.2) is 5.96 Å².